The fraction of sp³-hybridized carbons (Fsp3) is 0.833. The van der Waals surface area contributed by atoms with Gasteiger partial charge in [0.05, 0.1) is 6.04 Å². The maximum Gasteiger partial charge on any atom is 0.0934 e. The number of hydrogen-bond acceptors (Lipinski definition) is 3. The molecule has 0 aromatic heterocycles. The van der Waals surface area contributed by atoms with E-state index >= 15 is 0 Å². The van der Waals surface area contributed by atoms with Crippen LogP contribution in [0.3, 0.4) is 0 Å². The molecule has 0 saturated carbocycles. The van der Waals surface area contributed by atoms with Crippen molar-refractivity contribution >= 4 is 6.72 Å². The minimum absolute atomic E-state index is 0.143. The van der Waals surface area contributed by atoms with E-state index in [2.05, 4.69) is 16.9 Å². The summed E-state index contributed by atoms with van der Waals surface area (Å²) in [6.07, 6.45) is 0. The van der Waals surface area contributed by atoms with Crippen molar-refractivity contribution in [3.8, 4) is 0 Å². The molecule has 0 aromatic rings. The van der Waals surface area contributed by atoms with Crippen molar-refractivity contribution in [3.05, 3.63) is 4.91 Å². The zero-order valence-electron chi connectivity index (χ0n) is 5.87. The Morgan fingerprint density at radius 2 is 2.11 bits per heavy atom. The van der Waals surface area contributed by atoms with E-state index in [0.29, 0.717) is 6.54 Å². The second kappa shape index (κ2) is 4.18. The lowest BCUT2D eigenvalue weighted by molar-refractivity contribution is 0.496. The van der Waals surface area contributed by atoms with Gasteiger partial charge in [-0.1, -0.05) is 12.1 Å². The van der Waals surface area contributed by atoms with Crippen molar-refractivity contribution in [3.63, 3.8) is 0 Å². The standard InChI is InChI=1S/C6H12N2O/c1-5(4-7-3)6(2)8-9/h5-6H,3-4H2,1-2H3/t5?,6-/m0/s1. The first-order valence-electron chi connectivity index (χ1n) is 2.97. The average Bonchev–Trinajstić information content (AvgIpc) is 1.87. The first kappa shape index (κ1) is 8.27. The third-order valence-electron chi connectivity index (χ3n) is 1.41. The summed E-state index contributed by atoms with van der Waals surface area (Å²) >= 11 is 0. The summed E-state index contributed by atoms with van der Waals surface area (Å²) in [6.45, 7) is 7.65. The van der Waals surface area contributed by atoms with Crippen molar-refractivity contribution in [2.75, 3.05) is 6.54 Å². The molecular weight excluding hydrogens is 116 g/mol. The molecule has 1 unspecified atom stereocenters. The predicted molar refractivity (Wildman–Crippen MR) is 38.8 cm³/mol. The summed E-state index contributed by atoms with van der Waals surface area (Å²) in [5.41, 5.74) is 0. The molecule has 0 bridgehead atoms. The molecule has 0 aliphatic heterocycles. The predicted octanol–water partition coefficient (Wildman–Crippen LogP) is 1.48. The molecule has 0 aliphatic carbocycles. The van der Waals surface area contributed by atoms with Gasteiger partial charge in [-0.25, -0.2) is 0 Å². The molecule has 0 N–H and O–H groups in total. The molecule has 52 valence electrons. The Labute approximate surface area is 55.2 Å². The van der Waals surface area contributed by atoms with Crippen LogP contribution in [0.4, 0.5) is 0 Å². The Balaban J connectivity index is 3.56. The molecular formula is C6H12N2O. The van der Waals surface area contributed by atoms with E-state index in [-0.39, 0.29) is 12.0 Å². The number of nitrogens with zero attached hydrogens (tertiary/aromatic N) is 2. The molecule has 0 radical (unpaired) electrons. The lowest BCUT2D eigenvalue weighted by Crippen LogP contribution is -2.13. The second-order valence-electron chi connectivity index (χ2n) is 2.23. The zero-order valence-corrected chi connectivity index (χ0v) is 5.87. The highest BCUT2D eigenvalue weighted by molar-refractivity contribution is 5.23. The molecule has 3 nitrogen and oxygen atoms in total. The van der Waals surface area contributed by atoms with Gasteiger partial charge in [0.1, 0.15) is 0 Å². The minimum Gasteiger partial charge on any atom is -0.301 e. The van der Waals surface area contributed by atoms with Crippen molar-refractivity contribution in [1.29, 1.82) is 0 Å². The minimum atomic E-state index is -0.143. The van der Waals surface area contributed by atoms with Crippen LogP contribution < -0.4 is 0 Å². The van der Waals surface area contributed by atoms with Gasteiger partial charge in [-0.15, -0.1) is 0 Å². The lowest BCUT2D eigenvalue weighted by atomic mass is 10.1. The van der Waals surface area contributed by atoms with Crippen LogP contribution in [0.15, 0.2) is 10.2 Å². The van der Waals surface area contributed by atoms with Crippen LogP contribution in [-0.2, 0) is 0 Å². The fourth-order valence-electron chi connectivity index (χ4n) is 0.460. The summed E-state index contributed by atoms with van der Waals surface area (Å²) in [6, 6.07) is -0.143. The Kier molecular flexibility index (Phi) is 3.84. The van der Waals surface area contributed by atoms with Crippen molar-refractivity contribution in [1.82, 2.24) is 0 Å². The van der Waals surface area contributed by atoms with Crippen LogP contribution in [0.2, 0.25) is 0 Å². The lowest BCUT2D eigenvalue weighted by Gasteiger charge is -2.08. The highest BCUT2D eigenvalue weighted by Gasteiger charge is 2.09. The molecule has 9 heavy (non-hydrogen) atoms. The zero-order chi connectivity index (χ0) is 7.28. The van der Waals surface area contributed by atoms with Crippen LogP contribution in [-0.4, -0.2) is 19.3 Å². The van der Waals surface area contributed by atoms with Crippen molar-refractivity contribution in [2.24, 2.45) is 16.1 Å². The van der Waals surface area contributed by atoms with E-state index in [4.69, 9.17) is 0 Å². The third-order valence-corrected chi connectivity index (χ3v) is 1.41. The summed E-state index contributed by atoms with van der Waals surface area (Å²) in [4.78, 5) is 13.6. The first-order chi connectivity index (χ1) is 4.22. The highest BCUT2D eigenvalue weighted by atomic mass is 16.3. The number of nitroso groups, excluding NO2 is 1. The van der Waals surface area contributed by atoms with Gasteiger partial charge in [-0.2, -0.15) is 4.91 Å². The third kappa shape index (κ3) is 2.95. The topological polar surface area (TPSA) is 41.8 Å². The Bertz CT molecular complexity index is 103. The first-order valence-corrected chi connectivity index (χ1v) is 2.97. The molecule has 0 heterocycles. The Morgan fingerprint density at radius 1 is 1.56 bits per heavy atom. The SMILES string of the molecule is C=NCC(C)[C@H](C)N=O. The molecule has 0 saturated heterocycles. The van der Waals surface area contributed by atoms with E-state index < -0.39 is 0 Å². The largest absolute Gasteiger partial charge is 0.301 e. The van der Waals surface area contributed by atoms with Gasteiger partial charge in [0.2, 0.25) is 0 Å². The maximum atomic E-state index is 9.91. The van der Waals surface area contributed by atoms with Crippen LogP contribution >= 0.6 is 0 Å². The second-order valence-corrected chi connectivity index (χ2v) is 2.23. The Morgan fingerprint density at radius 3 is 2.44 bits per heavy atom. The monoisotopic (exact) mass is 128 g/mol. The molecule has 0 fully saturated rings. The average molecular weight is 128 g/mol. The van der Waals surface area contributed by atoms with Gasteiger partial charge >= 0.3 is 0 Å². The molecule has 0 spiro atoms. The molecule has 0 aromatic carbocycles. The van der Waals surface area contributed by atoms with Crippen molar-refractivity contribution < 1.29 is 0 Å². The van der Waals surface area contributed by atoms with Gasteiger partial charge in [0, 0.05) is 12.5 Å². The van der Waals surface area contributed by atoms with E-state index in [9.17, 15) is 4.91 Å². The molecule has 0 rings (SSSR count). The van der Waals surface area contributed by atoms with E-state index in [1.165, 1.54) is 0 Å². The fourth-order valence-corrected chi connectivity index (χ4v) is 0.460. The van der Waals surface area contributed by atoms with Gasteiger partial charge < -0.3 is 4.99 Å². The normalized spacial score (nSPS) is 16.2. The molecule has 0 amide bonds. The number of hydrogen-bond donors (Lipinski definition) is 0. The van der Waals surface area contributed by atoms with Crippen LogP contribution in [0.25, 0.3) is 0 Å². The molecule has 2 atom stereocenters. The van der Waals surface area contributed by atoms with E-state index in [1.54, 1.807) is 6.92 Å². The van der Waals surface area contributed by atoms with Gasteiger partial charge in [-0.3, -0.25) is 0 Å². The van der Waals surface area contributed by atoms with Crippen LogP contribution in [0.5, 0.6) is 0 Å². The van der Waals surface area contributed by atoms with Gasteiger partial charge in [-0.05, 0) is 13.6 Å². The molecule has 0 aliphatic rings. The summed E-state index contributed by atoms with van der Waals surface area (Å²) < 4.78 is 0. The van der Waals surface area contributed by atoms with Crippen LogP contribution in [0.1, 0.15) is 13.8 Å². The van der Waals surface area contributed by atoms with Gasteiger partial charge in [0.25, 0.3) is 0 Å². The van der Waals surface area contributed by atoms with Crippen molar-refractivity contribution in [2.45, 2.75) is 19.9 Å². The smallest absolute Gasteiger partial charge is 0.0934 e. The van der Waals surface area contributed by atoms with E-state index in [1.807, 2.05) is 6.92 Å². The number of rotatable bonds is 4. The molecule has 3 heteroatoms. The summed E-state index contributed by atoms with van der Waals surface area (Å²) in [7, 11) is 0. The summed E-state index contributed by atoms with van der Waals surface area (Å²) in [5, 5.41) is 2.87. The number of aliphatic imine (C=N–C) groups is 1. The maximum absolute atomic E-state index is 9.91. The highest BCUT2D eigenvalue weighted by Crippen LogP contribution is 2.05. The van der Waals surface area contributed by atoms with Crippen LogP contribution in [0, 0.1) is 10.8 Å². The van der Waals surface area contributed by atoms with Gasteiger partial charge in [0.15, 0.2) is 0 Å². The van der Waals surface area contributed by atoms with E-state index in [0.717, 1.165) is 0 Å². The Hall–Kier alpha value is -0.730. The summed E-state index contributed by atoms with van der Waals surface area (Å²) in [5.74, 6) is 0.222. The quantitative estimate of drug-likeness (QED) is 0.417.